The number of benzene rings is 1. The van der Waals surface area contributed by atoms with E-state index in [-0.39, 0.29) is 17.8 Å². The number of carbonyl (C=O) groups is 1. The molecule has 1 aliphatic heterocycles. The molecule has 1 amide bonds. The number of likely N-dealkylation sites (tertiary alicyclic amines) is 1. The number of hydrogen-bond acceptors (Lipinski definition) is 3. The van der Waals surface area contributed by atoms with Crippen LogP contribution >= 0.6 is 11.3 Å². The van der Waals surface area contributed by atoms with E-state index in [0.717, 1.165) is 12.0 Å². The summed E-state index contributed by atoms with van der Waals surface area (Å²) in [6.07, 6.45) is 0.700. The van der Waals surface area contributed by atoms with Crippen molar-refractivity contribution in [2.75, 3.05) is 13.1 Å². The highest BCUT2D eigenvalue weighted by atomic mass is 32.1. The van der Waals surface area contributed by atoms with Gasteiger partial charge in [0.05, 0.1) is 12.1 Å². The lowest BCUT2D eigenvalue weighted by atomic mass is 10.3. The van der Waals surface area contributed by atoms with Crippen LogP contribution in [-0.4, -0.2) is 30.0 Å². The van der Waals surface area contributed by atoms with Gasteiger partial charge in [-0.15, -0.1) is 0 Å². The van der Waals surface area contributed by atoms with E-state index >= 15 is 0 Å². The Kier molecular flexibility index (Phi) is 3.69. The lowest BCUT2D eigenvalue weighted by Crippen LogP contribution is -2.30. The highest BCUT2D eigenvalue weighted by Gasteiger charge is 2.28. The van der Waals surface area contributed by atoms with Crippen molar-refractivity contribution in [1.82, 2.24) is 4.90 Å². The Hall–Kier alpha value is -1.88. The Morgan fingerprint density at radius 1 is 1.40 bits per heavy atom. The Morgan fingerprint density at radius 2 is 2.30 bits per heavy atom. The van der Waals surface area contributed by atoms with Gasteiger partial charge in [0.25, 0.3) is 5.91 Å². The van der Waals surface area contributed by atoms with E-state index in [1.165, 1.54) is 23.5 Å². The van der Waals surface area contributed by atoms with E-state index in [2.05, 4.69) is 0 Å². The predicted molar refractivity (Wildman–Crippen MR) is 75.7 cm³/mol. The molecule has 0 aliphatic carbocycles. The van der Waals surface area contributed by atoms with E-state index in [1.807, 2.05) is 16.8 Å². The van der Waals surface area contributed by atoms with Gasteiger partial charge in [-0.1, -0.05) is 6.07 Å². The topological polar surface area (TPSA) is 29.5 Å². The molecule has 0 spiro atoms. The van der Waals surface area contributed by atoms with Gasteiger partial charge in [-0.05, 0) is 23.6 Å². The van der Waals surface area contributed by atoms with Crippen LogP contribution in [0.3, 0.4) is 0 Å². The molecule has 0 bridgehead atoms. The van der Waals surface area contributed by atoms with Crippen LogP contribution in [0.25, 0.3) is 0 Å². The molecule has 1 unspecified atom stereocenters. The first kappa shape index (κ1) is 13.1. The van der Waals surface area contributed by atoms with Gasteiger partial charge >= 0.3 is 0 Å². The Balaban J connectivity index is 1.61. The van der Waals surface area contributed by atoms with E-state index in [0.29, 0.717) is 18.8 Å². The zero-order valence-corrected chi connectivity index (χ0v) is 11.6. The molecular formula is C15H14FNO2S. The van der Waals surface area contributed by atoms with Gasteiger partial charge in [-0.2, -0.15) is 11.3 Å². The molecule has 1 aromatic carbocycles. The van der Waals surface area contributed by atoms with Gasteiger partial charge in [0.2, 0.25) is 0 Å². The molecule has 2 aromatic rings. The molecule has 2 heterocycles. The summed E-state index contributed by atoms with van der Waals surface area (Å²) in [5.74, 6) is 0.239. The number of nitrogens with zero attached hydrogens (tertiary/aromatic N) is 1. The Morgan fingerprint density at radius 3 is 3.05 bits per heavy atom. The van der Waals surface area contributed by atoms with Crippen LogP contribution in [-0.2, 0) is 0 Å². The molecule has 1 aromatic heterocycles. The highest BCUT2D eigenvalue weighted by Crippen LogP contribution is 2.21. The van der Waals surface area contributed by atoms with Gasteiger partial charge in [-0.25, -0.2) is 4.39 Å². The van der Waals surface area contributed by atoms with Crippen LogP contribution in [0.5, 0.6) is 5.75 Å². The van der Waals surface area contributed by atoms with E-state index < -0.39 is 0 Å². The monoisotopic (exact) mass is 291 g/mol. The van der Waals surface area contributed by atoms with E-state index in [1.54, 1.807) is 17.0 Å². The van der Waals surface area contributed by atoms with Crippen LogP contribution in [0.1, 0.15) is 16.8 Å². The number of rotatable bonds is 3. The first-order valence-electron chi connectivity index (χ1n) is 6.46. The number of amides is 1. The van der Waals surface area contributed by atoms with Crippen LogP contribution < -0.4 is 4.74 Å². The van der Waals surface area contributed by atoms with Gasteiger partial charge in [0, 0.05) is 24.4 Å². The summed E-state index contributed by atoms with van der Waals surface area (Å²) in [6, 6.07) is 7.92. The third kappa shape index (κ3) is 2.82. The summed E-state index contributed by atoms with van der Waals surface area (Å²) < 4.78 is 18.8. The van der Waals surface area contributed by atoms with Crippen molar-refractivity contribution in [2.24, 2.45) is 0 Å². The normalized spacial score (nSPS) is 18.2. The number of thiophene rings is 1. The minimum atomic E-state index is -0.313. The van der Waals surface area contributed by atoms with E-state index in [4.69, 9.17) is 4.74 Å². The van der Waals surface area contributed by atoms with Crippen molar-refractivity contribution in [3.8, 4) is 5.75 Å². The summed E-state index contributed by atoms with van der Waals surface area (Å²) in [4.78, 5) is 14.0. The Labute approximate surface area is 120 Å². The maximum atomic E-state index is 13.1. The molecule has 1 atom stereocenters. The minimum absolute atomic E-state index is 0.0385. The van der Waals surface area contributed by atoms with Crippen molar-refractivity contribution in [1.29, 1.82) is 0 Å². The first-order chi connectivity index (χ1) is 9.72. The Bertz CT molecular complexity index is 600. The fraction of sp³-hybridized carbons (Fsp3) is 0.267. The minimum Gasteiger partial charge on any atom is -0.488 e. The third-order valence-corrected chi connectivity index (χ3v) is 3.98. The molecular weight excluding hydrogens is 277 g/mol. The number of halogens is 1. The predicted octanol–water partition coefficient (Wildman–Crippen LogP) is 3.18. The largest absolute Gasteiger partial charge is 0.488 e. The molecule has 1 fully saturated rings. The van der Waals surface area contributed by atoms with Crippen molar-refractivity contribution in [3.63, 3.8) is 0 Å². The third-order valence-electron chi connectivity index (χ3n) is 3.30. The van der Waals surface area contributed by atoms with E-state index in [9.17, 15) is 9.18 Å². The average Bonchev–Trinajstić information content (AvgIpc) is 3.09. The van der Waals surface area contributed by atoms with Gasteiger partial charge < -0.3 is 9.64 Å². The molecule has 0 N–H and O–H groups in total. The molecule has 3 rings (SSSR count). The average molecular weight is 291 g/mol. The SMILES string of the molecule is O=C(c1ccsc1)N1CCC(Oc2cccc(F)c2)C1. The lowest BCUT2D eigenvalue weighted by Gasteiger charge is -2.16. The van der Waals surface area contributed by atoms with Crippen LogP contribution in [0, 0.1) is 5.82 Å². The van der Waals surface area contributed by atoms with Crippen LogP contribution in [0.4, 0.5) is 4.39 Å². The molecule has 3 nitrogen and oxygen atoms in total. The van der Waals surface area contributed by atoms with Crippen molar-refractivity contribution < 1.29 is 13.9 Å². The maximum absolute atomic E-state index is 13.1. The van der Waals surface area contributed by atoms with Crippen LogP contribution in [0.15, 0.2) is 41.1 Å². The molecule has 5 heteroatoms. The summed E-state index contributed by atoms with van der Waals surface area (Å²) in [7, 11) is 0. The highest BCUT2D eigenvalue weighted by molar-refractivity contribution is 7.08. The quantitative estimate of drug-likeness (QED) is 0.869. The standard InChI is InChI=1S/C15H14FNO2S/c16-12-2-1-3-13(8-12)19-14-4-6-17(9-14)15(18)11-5-7-20-10-11/h1-3,5,7-8,10,14H,4,6,9H2. The summed E-state index contributed by atoms with van der Waals surface area (Å²) >= 11 is 1.51. The summed E-state index contributed by atoms with van der Waals surface area (Å²) in [5, 5.41) is 3.74. The molecule has 0 saturated carbocycles. The lowest BCUT2D eigenvalue weighted by molar-refractivity contribution is 0.0773. The smallest absolute Gasteiger partial charge is 0.254 e. The second-order valence-corrected chi connectivity index (χ2v) is 5.53. The summed E-state index contributed by atoms with van der Waals surface area (Å²) in [6.45, 7) is 1.22. The fourth-order valence-corrected chi connectivity index (χ4v) is 2.94. The van der Waals surface area contributed by atoms with Crippen LogP contribution in [0.2, 0.25) is 0 Å². The molecule has 1 saturated heterocycles. The molecule has 0 radical (unpaired) electrons. The molecule has 1 aliphatic rings. The summed E-state index contributed by atoms with van der Waals surface area (Å²) in [5.41, 5.74) is 0.724. The van der Waals surface area contributed by atoms with Gasteiger partial charge in [0.15, 0.2) is 0 Å². The molecule has 104 valence electrons. The second kappa shape index (κ2) is 5.63. The number of carbonyl (C=O) groups excluding carboxylic acids is 1. The first-order valence-corrected chi connectivity index (χ1v) is 7.40. The fourth-order valence-electron chi connectivity index (χ4n) is 2.31. The number of hydrogen-bond donors (Lipinski definition) is 0. The van der Waals surface area contributed by atoms with Crippen molar-refractivity contribution in [2.45, 2.75) is 12.5 Å². The zero-order valence-electron chi connectivity index (χ0n) is 10.8. The molecule has 20 heavy (non-hydrogen) atoms. The van der Waals surface area contributed by atoms with Crippen molar-refractivity contribution >= 4 is 17.2 Å². The zero-order chi connectivity index (χ0) is 13.9. The number of ether oxygens (including phenoxy) is 1. The second-order valence-electron chi connectivity index (χ2n) is 4.75. The maximum Gasteiger partial charge on any atom is 0.254 e. The van der Waals surface area contributed by atoms with Gasteiger partial charge in [-0.3, -0.25) is 4.79 Å². The van der Waals surface area contributed by atoms with Gasteiger partial charge in [0.1, 0.15) is 17.7 Å². The van der Waals surface area contributed by atoms with Crippen molar-refractivity contribution in [3.05, 3.63) is 52.5 Å².